The molecule has 0 spiro atoms. The number of Topliss-reactive ketones (excluding diaryl/α,β-unsaturated/α-hetero) is 1. The Morgan fingerprint density at radius 3 is 2.33 bits per heavy atom. The van der Waals surface area contributed by atoms with Gasteiger partial charge in [-0.3, -0.25) is 29.8 Å². The van der Waals surface area contributed by atoms with E-state index in [1.165, 1.54) is 50.6 Å². The van der Waals surface area contributed by atoms with Gasteiger partial charge in [-0.1, -0.05) is 42.5 Å². The molecule has 2 aromatic rings. The van der Waals surface area contributed by atoms with Crippen LogP contribution in [0.1, 0.15) is 29.9 Å². The number of rotatable bonds is 9. The third kappa shape index (κ3) is 5.79. The number of hydrogen-bond donors (Lipinski definition) is 0. The summed E-state index contributed by atoms with van der Waals surface area (Å²) >= 11 is 0. The standard InChI is InChI=1S/C29H28N2O8/c1-38-20-12-7-18(8-13-20)9-16-25(32)28-26(33)17-23(19-10-14-21(39-2)15-11-19)29(31(36)37)27(28)22-5-3-4-6-24(22)30(34)35/h3-10,12-16,19,23,27-29H,11,17H2,1-2H3/b16-9+/t19?,23-,27+,28?,29+/m1/s1. The number of hydrogen-bond acceptors (Lipinski definition) is 8. The molecule has 2 aliphatic carbocycles. The fourth-order valence-electron chi connectivity index (χ4n) is 5.55. The zero-order valence-corrected chi connectivity index (χ0v) is 21.5. The molecular weight excluding hydrogens is 504 g/mol. The lowest BCUT2D eigenvalue weighted by Crippen LogP contribution is -2.51. The van der Waals surface area contributed by atoms with Crippen molar-refractivity contribution in [1.82, 2.24) is 0 Å². The molecule has 2 aliphatic rings. The molecule has 0 bridgehead atoms. The van der Waals surface area contributed by atoms with Crippen molar-refractivity contribution in [3.05, 3.63) is 110 Å². The Balaban J connectivity index is 1.77. The summed E-state index contributed by atoms with van der Waals surface area (Å²) in [6, 6.07) is 11.1. The number of nitrogens with zero attached hydrogens (tertiary/aromatic N) is 2. The summed E-state index contributed by atoms with van der Waals surface area (Å²) in [5.74, 6) is -3.77. The number of nitro benzene ring substituents is 1. The zero-order chi connectivity index (χ0) is 28.1. The average Bonchev–Trinajstić information content (AvgIpc) is 2.95. The molecule has 0 aliphatic heterocycles. The SMILES string of the molecule is COC1=CCC([C@H]2CC(=O)C(C(=O)/C=C/c3ccc(OC)cc3)[C@H](c3ccccc3[N+](=O)[O-])[C@H]2[N+](=O)[O-])C=C1. The minimum Gasteiger partial charge on any atom is -0.497 e. The first-order valence-electron chi connectivity index (χ1n) is 12.4. The van der Waals surface area contributed by atoms with Crippen molar-refractivity contribution in [3.63, 3.8) is 0 Å². The maximum absolute atomic E-state index is 13.6. The molecular formula is C29H28N2O8. The summed E-state index contributed by atoms with van der Waals surface area (Å²) in [6.45, 7) is 0. The van der Waals surface area contributed by atoms with E-state index in [0.717, 1.165) is 0 Å². The second-order valence-electron chi connectivity index (χ2n) is 9.51. The topological polar surface area (TPSA) is 139 Å². The number of ketones is 2. The first-order valence-corrected chi connectivity index (χ1v) is 12.4. The van der Waals surface area contributed by atoms with Gasteiger partial charge in [-0.2, -0.15) is 0 Å². The van der Waals surface area contributed by atoms with Crippen LogP contribution in [-0.4, -0.2) is 41.7 Å². The van der Waals surface area contributed by atoms with Gasteiger partial charge in [0.15, 0.2) is 5.78 Å². The van der Waals surface area contributed by atoms with Gasteiger partial charge in [0.1, 0.15) is 17.3 Å². The smallest absolute Gasteiger partial charge is 0.273 e. The Kier molecular flexibility index (Phi) is 8.33. The van der Waals surface area contributed by atoms with Crippen molar-refractivity contribution in [2.24, 2.45) is 17.8 Å². The average molecular weight is 533 g/mol. The highest BCUT2D eigenvalue weighted by molar-refractivity contribution is 6.10. The molecule has 10 nitrogen and oxygen atoms in total. The van der Waals surface area contributed by atoms with Gasteiger partial charge in [-0.25, -0.2) is 0 Å². The van der Waals surface area contributed by atoms with Crippen molar-refractivity contribution in [1.29, 1.82) is 0 Å². The molecule has 39 heavy (non-hydrogen) atoms. The van der Waals surface area contributed by atoms with Crippen LogP contribution in [0, 0.1) is 38.0 Å². The Morgan fingerprint density at radius 2 is 1.74 bits per heavy atom. The second-order valence-corrected chi connectivity index (χ2v) is 9.51. The second kappa shape index (κ2) is 11.8. The summed E-state index contributed by atoms with van der Waals surface area (Å²) in [6.07, 6.45) is 8.21. The summed E-state index contributed by atoms with van der Waals surface area (Å²) < 4.78 is 10.4. The predicted molar refractivity (Wildman–Crippen MR) is 143 cm³/mol. The number of benzene rings is 2. The van der Waals surface area contributed by atoms with E-state index in [0.29, 0.717) is 23.5 Å². The van der Waals surface area contributed by atoms with Crippen LogP contribution in [0.15, 0.2) is 78.6 Å². The van der Waals surface area contributed by atoms with Crippen molar-refractivity contribution < 1.29 is 28.9 Å². The van der Waals surface area contributed by atoms with Gasteiger partial charge >= 0.3 is 0 Å². The molecule has 202 valence electrons. The van der Waals surface area contributed by atoms with E-state index in [9.17, 15) is 29.8 Å². The minimum absolute atomic E-state index is 0.00589. The van der Waals surface area contributed by atoms with E-state index in [1.54, 1.807) is 42.5 Å². The van der Waals surface area contributed by atoms with Gasteiger partial charge < -0.3 is 9.47 Å². The van der Waals surface area contributed by atoms with Crippen LogP contribution >= 0.6 is 0 Å². The minimum atomic E-state index is -1.44. The van der Waals surface area contributed by atoms with Crippen LogP contribution in [-0.2, 0) is 14.3 Å². The number of methoxy groups -OCH3 is 2. The molecule has 0 heterocycles. The van der Waals surface area contributed by atoms with Crippen molar-refractivity contribution in [2.75, 3.05) is 14.2 Å². The number of carbonyl (C=O) groups is 2. The summed E-state index contributed by atoms with van der Waals surface area (Å²) in [7, 11) is 3.04. The van der Waals surface area contributed by atoms with Crippen LogP contribution in [0.2, 0.25) is 0 Å². The first-order chi connectivity index (χ1) is 18.7. The Labute approximate surface area is 224 Å². The summed E-state index contributed by atoms with van der Waals surface area (Å²) in [4.78, 5) is 50.6. The highest BCUT2D eigenvalue weighted by atomic mass is 16.6. The van der Waals surface area contributed by atoms with Gasteiger partial charge in [0.25, 0.3) is 5.69 Å². The third-order valence-electron chi connectivity index (χ3n) is 7.43. The Morgan fingerprint density at radius 1 is 1.03 bits per heavy atom. The quantitative estimate of drug-likeness (QED) is 0.192. The molecule has 5 atom stereocenters. The number of nitro groups is 2. The fraction of sp³-hybridized carbons (Fsp3) is 0.310. The zero-order valence-electron chi connectivity index (χ0n) is 21.5. The first kappa shape index (κ1) is 27.4. The van der Waals surface area contributed by atoms with Gasteiger partial charge in [0.05, 0.1) is 31.0 Å². The van der Waals surface area contributed by atoms with E-state index in [1.807, 2.05) is 0 Å². The molecule has 0 aromatic heterocycles. The molecule has 10 heteroatoms. The number of carbonyl (C=O) groups excluding carboxylic acids is 2. The van der Waals surface area contributed by atoms with E-state index in [4.69, 9.17) is 9.47 Å². The number of ether oxygens (including phenoxy) is 2. The molecule has 0 saturated heterocycles. The Bertz CT molecular complexity index is 1360. The molecule has 1 saturated carbocycles. The molecule has 2 aromatic carbocycles. The van der Waals surface area contributed by atoms with Crippen molar-refractivity contribution >= 4 is 23.3 Å². The lowest BCUT2D eigenvalue weighted by molar-refractivity contribution is -0.540. The molecule has 0 amide bonds. The maximum Gasteiger partial charge on any atom is 0.273 e. The lowest BCUT2D eigenvalue weighted by Gasteiger charge is -2.39. The Hall–Kier alpha value is -4.60. The van der Waals surface area contributed by atoms with Gasteiger partial charge in [-0.15, -0.1) is 0 Å². The van der Waals surface area contributed by atoms with Crippen LogP contribution in [0.5, 0.6) is 5.75 Å². The lowest BCUT2D eigenvalue weighted by atomic mass is 9.62. The van der Waals surface area contributed by atoms with E-state index < -0.39 is 45.2 Å². The van der Waals surface area contributed by atoms with Gasteiger partial charge in [-0.05, 0) is 48.3 Å². The predicted octanol–water partition coefficient (Wildman–Crippen LogP) is 4.93. The van der Waals surface area contributed by atoms with E-state index in [2.05, 4.69) is 0 Å². The summed E-state index contributed by atoms with van der Waals surface area (Å²) in [5.41, 5.74) is 0.304. The molecule has 1 fully saturated rings. The van der Waals surface area contributed by atoms with Crippen molar-refractivity contribution in [3.8, 4) is 5.75 Å². The van der Waals surface area contributed by atoms with Crippen LogP contribution in [0.3, 0.4) is 0 Å². The van der Waals surface area contributed by atoms with Crippen molar-refractivity contribution in [2.45, 2.75) is 24.8 Å². The third-order valence-corrected chi connectivity index (χ3v) is 7.43. The van der Waals surface area contributed by atoms with Crippen LogP contribution < -0.4 is 4.74 Å². The number of allylic oxidation sites excluding steroid dienone is 4. The summed E-state index contributed by atoms with van der Waals surface area (Å²) in [5, 5.41) is 24.5. The fourth-order valence-corrected chi connectivity index (χ4v) is 5.55. The van der Waals surface area contributed by atoms with E-state index >= 15 is 0 Å². The van der Waals surface area contributed by atoms with E-state index in [-0.39, 0.29) is 23.6 Å². The van der Waals surface area contributed by atoms with Gasteiger partial charge in [0.2, 0.25) is 6.04 Å². The van der Waals surface area contributed by atoms with Crippen LogP contribution in [0.4, 0.5) is 5.69 Å². The van der Waals surface area contributed by atoms with Gasteiger partial charge in [0, 0.05) is 28.9 Å². The largest absolute Gasteiger partial charge is 0.497 e. The highest BCUT2D eigenvalue weighted by Crippen LogP contribution is 2.47. The normalized spacial score (nSPS) is 24.7. The maximum atomic E-state index is 13.6. The highest BCUT2D eigenvalue weighted by Gasteiger charge is 2.56. The van der Waals surface area contributed by atoms with Crippen LogP contribution in [0.25, 0.3) is 6.08 Å². The molecule has 0 radical (unpaired) electrons. The monoisotopic (exact) mass is 532 g/mol. The molecule has 0 N–H and O–H groups in total. The molecule has 4 rings (SSSR count). The molecule has 2 unspecified atom stereocenters. The number of para-hydroxylation sites is 1.